The van der Waals surface area contributed by atoms with Crippen LogP contribution < -0.4 is 4.90 Å². The molecule has 0 saturated carbocycles. The van der Waals surface area contributed by atoms with E-state index in [1.54, 1.807) is 12.1 Å². The van der Waals surface area contributed by atoms with E-state index in [0.717, 1.165) is 28.2 Å². The summed E-state index contributed by atoms with van der Waals surface area (Å²) in [5, 5.41) is 11.0. The number of nitro groups is 1. The topological polar surface area (TPSA) is 102 Å². The van der Waals surface area contributed by atoms with Crippen LogP contribution in [0.3, 0.4) is 0 Å². The number of hydrogen-bond acceptors (Lipinski definition) is 7. The van der Waals surface area contributed by atoms with Crippen molar-refractivity contribution in [3.05, 3.63) is 81.5 Å². The number of nitro benzene ring substituents is 1. The third kappa shape index (κ3) is 5.20. The molecule has 1 aliphatic rings. The summed E-state index contributed by atoms with van der Waals surface area (Å²) in [6, 6.07) is 16.4. The highest BCUT2D eigenvalue weighted by Crippen LogP contribution is 2.28. The Morgan fingerprint density at radius 2 is 1.71 bits per heavy atom. The maximum atomic E-state index is 12.2. The highest BCUT2D eigenvalue weighted by Gasteiger charge is 2.25. The second-order valence-corrected chi connectivity index (χ2v) is 8.20. The number of hydrogen-bond donors (Lipinski definition) is 0. The van der Waals surface area contributed by atoms with Crippen LogP contribution >= 0.6 is 0 Å². The van der Waals surface area contributed by atoms with Gasteiger partial charge in [0.25, 0.3) is 5.69 Å². The Hall–Kier alpha value is -3.85. The molecule has 2 heterocycles. The number of nitrogens with zero attached hydrogens (tertiary/aromatic N) is 5. The molecule has 1 fully saturated rings. The number of methoxy groups -OCH3 is 1. The smallest absolute Gasteiger partial charge is 0.269 e. The fraction of sp³-hybridized carbons (Fsp3) is 0.320. The van der Waals surface area contributed by atoms with Crippen LogP contribution in [0.1, 0.15) is 16.8 Å². The predicted octanol–water partition coefficient (Wildman–Crippen LogP) is 3.25. The number of piperazine rings is 1. The highest BCUT2D eigenvalue weighted by molar-refractivity contribution is 5.77. The fourth-order valence-electron chi connectivity index (χ4n) is 4.09. The third-order valence-electron chi connectivity index (χ3n) is 5.95. The van der Waals surface area contributed by atoms with Crippen molar-refractivity contribution >= 4 is 17.4 Å². The van der Waals surface area contributed by atoms with Crippen molar-refractivity contribution in [3.8, 4) is 11.4 Å². The van der Waals surface area contributed by atoms with Gasteiger partial charge in [-0.2, -0.15) is 0 Å². The lowest BCUT2D eigenvalue weighted by molar-refractivity contribution is -0.384. The van der Waals surface area contributed by atoms with E-state index >= 15 is 0 Å². The molecule has 1 saturated heterocycles. The van der Waals surface area contributed by atoms with Crippen LogP contribution in [-0.4, -0.2) is 65.6 Å². The van der Waals surface area contributed by atoms with E-state index < -0.39 is 4.92 Å². The van der Waals surface area contributed by atoms with E-state index in [0.29, 0.717) is 38.4 Å². The Labute approximate surface area is 198 Å². The Kier molecular flexibility index (Phi) is 7.12. The molecule has 4 rings (SSSR count). The number of aromatic nitrogens is 2. The minimum atomic E-state index is -0.400. The number of amides is 1. The maximum absolute atomic E-state index is 12.2. The second kappa shape index (κ2) is 10.4. The first kappa shape index (κ1) is 23.3. The van der Waals surface area contributed by atoms with Gasteiger partial charge in [-0.05, 0) is 12.5 Å². The average molecular weight is 462 g/mol. The molecule has 1 aliphatic heterocycles. The van der Waals surface area contributed by atoms with Crippen LogP contribution in [0.5, 0.6) is 0 Å². The molecule has 176 valence electrons. The summed E-state index contributed by atoms with van der Waals surface area (Å²) < 4.78 is 4.99. The molecule has 9 nitrogen and oxygen atoms in total. The van der Waals surface area contributed by atoms with Crippen molar-refractivity contribution in [2.75, 3.05) is 44.8 Å². The van der Waals surface area contributed by atoms with E-state index in [2.05, 4.69) is 4.90 Å². The van der Waals surface area contributed by atoms with Crippen LogP contribution in [0.25, 0.3) is 11.4 Å². The quantitative estimate of drug-likeness (QED) is 0.393. The molecule has 1 amide bonds. The van der Waals surface area contributed by atoms with Crippen LogP contribution in [0, 0.1) is 17.0 Å². The molecule has 34 heavy (non-hydrogen) atoms. The lowest BCUT2D eigenvalue weighted by Crippen LogP contribution is -2.50. The lowest BCUT2D eigenvalue weighted by atomic mass is 10.0. The molecule has 0 aliphatic carbocycles. The van der Waals surface area contributed by atoms with Gasteiger partial charge in [-0.3, -0.25) is 14.9 Å². The summed E-state index contributed by atoms with van der Waals surface area (Å²) in [5.74, 6) is 1.47. The van der Waals surface area contributed by atoms with Gasteiger partial charge in [0.1, 0.15) is 12.4 Å². The first-order valence-electron chi connectivity index (χ1n) is 11.1. The van der Waals surface area contributed by atoms with Gasteiger partial charge < -0.3 is 14.5 Å². The van der Waals surface area contributed by atoms with Crippen molar-refractivity contribution in [1.29, 1.82) is 0 Å². The molecular formula is C25H27N5O4. The molecule has 3 aromatic rings. The van der Waals surface area contributed by atoms with Crippen molar-refractivity contribution in [3.63, 3.8) is 0 Å². The largest absolute Gasteiger partial charge is 0.375 e. The Morgan fingerprint density at radius 1 is 1.03 bits per heavy atom. The first-order valence-corrected chi connectivity index (χ1v) is 11.1. The number of aryl methyl sites for hydroxylation is 1. The summed E-state index contributed by atoms with van der Waals surface area (Å²) in [7, 11) is 1.52. The summed E-state index contributed by atoms with van der Waals surface area (Å²) >= 11 is 0. The fourth-order valence-corrected chi connectivity index (χ4v) is 4.09. The highest BCUT2D eigenvalue weighted by atomic mass is 16.6. The van der Waals surface area contributed by atoms with Gasteiger partial charge in [0.05, 0.1) is 4.92 Å². The van der Waals surface area contributed by atoms with E-state index in [1.165, 1.54) is 19.2 Å². The number of benzene rings is 2. The van der Waals surface area contributed by atoms with Crippen LogP contribution in [0.4, 0.5) is 11.5 Å². The van der Waals surface area contributed by atoms with Crippen molar-refractivity contribution in [2.45, 2.75) is 13.3 Å². The molecule has 9 heteroatoms. The molecule has 0 spiro atoms. The summed E-state index contributed by atoms with van der Waals surface area (Å²) in [4.78, 5) is 36.6. The van der Waals surface area contributed by atoms with Gasteiger partial charge in [0.2, 0.25) is 5.91 Å². The lowest BCUT2D eigenvalue weighted by Gasteiger charge is -2.36. The number of carbonyl (C=O) groups is 1. The van der Waals surface area contributed by atoms with Crippen LogP contribution in [0.2, 0.25) is 0 Å². The van der Waals surface area contributed by atoms with Crippen molar-refractivity contribution in [1.82, 2.24) is 14.9 Å². The van der Waals surface area contributed by atoms with E-state index in [4.69, 9.17) is 14.7 Å². The van der Waals surface area contributed by atoms with Gasteiger partial charge >= 0.3 is 0 Å². The van der Waals surface area contributed by atoms with Gasteiger partial charge in [0, 0.05) is 68.7 Å². The molecule has 0 radical (unpaired) electrons. The van der Waals surface area contributed by atoms with Gasteiger partial charge in [-0.25, -0.2) is 9.97 Å². The Morgan fingerprint density at radius 3 is 2.32 bits per heavy atom. The van der Waals surface area contributed by atoms with Crippen LogP contribution in [-0.2, 0) is 16.0 Å². The third-order valence-corrected chi connectivity index (χ3v) is 5.95. The molecule has 0 bridgehead atoms. The normalized spacial score (nSPS) is 13.7. The Balaban J connectivity index is 1.66. The van der Waals surface area contributed by atoms with E-state index in [-0.39, 0.29) is 18.2 Å². The second-order valence-electron chi connectivity index (χ2n) is 8.20. The molecule has 1 aromatic heterocycles. The zero-order valence-corrected chi connectivity index (χ0v) is 19.3. The zero-order valence-electron chi connectivity index (χ0n) is 19.3. The minimum absolute atomic E-state index is 0.0166. The predicted molar refractivity (Wildman–Crippen MR) is 129 cm³/mol. The average Bonchev–Trinajstić information content (AvgIpc) is 2.86. The Bertz CT molecular complexity index is 1160. The van der Waals surface area contributed by atoms with Gasteiger partial charge in [0.15, 0.2) is 5.82 Å². The monoisotopic (exact) mass is 461 g/mol. The van der Waals surface area contributed by atoms with Crippen LogP contribution in [0.15, 0.2) is 54.6 Å². The maximum Gasteiger partial charge on any atom is 0.269 e. The summed E-state index contributed by atoms with van der Waals surface area (Å²) in [6.45, 7) is 4.51. The number of rotatable bonds is 7. The van der Waals surface area contributed by atoms with Crippen molar-refractivity contribution in [2.24, 2.45) is 0 Å². The van der Waals surface area contributed by atoms with Crippen molar-refractivity contribution < 1.29 is 14.5 Å². The van der Waals surface area contributed by atoms with Gasteiger partial charge in [-0.1, -0.05) is 42.5 Å². The SMILES string of the molecule is COCC(=O)N1CCN(c2nc(-c3ccccc3)nc(C)c2Cc2ccc([N+](=O)[O-])cc2)CC1. The number of non-ortho nitro benzene ring substituents is 1. The molecule has 0 N–H and O–H groups in total. The molecule has 0 atom stereocenters. The minimum Gasteiger partial charge on any atom is -0.375 e. The number of anilines is 1. The zero-order chi connectivity index (χ0) is 24.1. The summed E-state index contributed by atoms with van der Waals surface area (Å²) in [5.41, 5.74) is 3.78. The van der Waals surface area contributed by atoms with Gasteiger partial charge in [-0.15, -0.1) is 0 Å². The molecular weight excluding hydrogens is 434 g/mol. The molecule has 0 unspecified atom stereocenters. The number of ether oxygens (including phenoxy) is 1. The number of carbonyl (C=O) groups excluding carboxylic acids is 1. The summed E-state index contributed by atoms with van der Waals surface area (Å²) in [6.07, 6.45) is 0.553. The first-order chi connectivity index (χ1) is 16.5. The molecule has 2 aromatic carbocycles. The van der Waals surface area contributed by atoms with E-state index in [9.17, 15) is 14.9 Å². The standard InChI is InChI=1S/C25H27N5O4/c1-18-22(16-19-8-10-21(11-9-19)30(32)33)25(27-24(26-18)20-6-4-3-5-7-20)29-14-12-28(13-15-29)23(31)17-34-2/h3-11H,12-17H2,1-2H3. The van der Waals surface area contributed by atoms with E-state index in [1.807, 2.05) is 42.2 Å².